The van der Waals surface area contributed by atoms with Gasteiger partial charge in [-0.3, -0.25) is 0 Å². The van der Waals surface area contributed by atoms with Crippen molar-refractivity contribution in [2.24, 2.45) is 0 Å². The van der Waals surface area contributed by atoms with Crippen molar-refractivity contribution in [3.05, 3.63) is 43.8 Å². The van der Waals surface area contributed by atoms with E-state index in [0.29, 0.717) is 20.1 Å². The smallest absolute Gasteiger partial charge is 0.185 e. The largest absolute Gasteiger partial charge is 0.355 e. The summed E-state index contributed by atoms with van der Waals surface area (Å²) in [4.78, 5) is 4.46. The van der Waals surface area contributed by atoms with E-state index >= 15 is 0 Å². The Hall–Kier alpha value is -0.990. The second-order valence-corrected chi connectivity index (χ2v) is 5.98. The van der Waals surface area contributed by atoms with Crippen LogP contribution in [0, 0.1) is 11.3 Å². The first kappa shape index (κ1) is 14.4. The monoisotopic (exact) mass is 331 g/mol. The molecule has 0 spiro atoms. The Labute approximate surface area is 129 Å². The minimum absolute atomic E-state index is 0.0708. The van der Waals surface area contributed by atoms with Crippen molar-refractivity contribution in [1.29, 1.82) is 5.26 Å². The summed E-state index contributed by atoms with van der Waals surface area (Å²) >= 11 is 19.0. The van der Waals surface area contributed by atoms with E-state index in [-0.39, 0.29) is 11.2 Å². The molecular formula is C12H8Cl3N3S. The third-order valence-corrected chi connectivity index (χ3v) is 4.30. The van der Waals surface area contributed by atoms with Crippen LogP contribution >= 0.6 is 46.1 Å². The van der Waals surface area contributed by atoms with Gasteiger partial charge < -0.3 is 5.32 Å². The highest BCUT2D eigenvalue weighted by Crippen LogP contribution is 2.31. The third kappa shape index (κ3) is 3.31. The molecule has 0 saturated carbocycles. The van der Waals surface area contributed by atoms with Gasteiger partial charge >= 0.3 is 0 Å². The second-order valence-electron chi connectivity index (χ2n) is 3.78. The van der Waals surface area contributed by atoms with E-state index in [0.717, 1.165) is 5.56 Å². The van der Waals surface area contributed by atoms with Gasteiger partial charge in [-0.2, -0.15) is 5.26 Å². The number of nitriles is 1. The number of rotatable bonds is 3. The number of nitrogens with zero attached hydrogens (tertiary/aromatic N) is 2. The molecule has 3 nitrogen and oxygen atoms in total. The number of nitrogens with one attached hydrogen (secondary N) is 1. The Morgan fingerprint density at radius 2 is 2.11 bits per heavy atom. The summed E-state index contributed by atoms with van der Waals surface area (Å²) in [6.45, 7) is 1.94. The predicted octanol–water partition coefficient (Wildman–Crippen LogP) is 5.15. The molecule has 2 rings (SSSR count). The lowest BCUT2D eigenvalue weighted by Gasteiger charge is -2.14. The molecule has 1 unspecified atom stereocenters. The van der Waals surface area contributed by atoms with E-state index in [1.807, 2.05) is 19.1 Å². The SMILES string of the molecule is CC(Nc1nc(Cl)c(C#N)s1)c1ccc(Cl)cc1Cl. The van der Waals surface area contributed by atoms with Crippen molar-refractivity contribution in [3.8, 4) is 6.07 Å². The molecule has 1 N–H and O–H groups in total. The van der Waals surface area contributed by atoms with Gasteiger partial charge in [0.1, 0.15) is 10.9 Å². The molecule has 0 saturated heterocycles. The molecule has 2 aromatic rings. The van der Waals surface area contributed by atoms with Gasteiger partial charge in [0, 0.05) is 10.0 Å². The average molecular weight is 333 g/mol. The molecule has 7 heteroatoms. The summed E-state index contributed by atoms with van der Waals surface area (Å²) in [5.41, 5.74) is 0.899. The van der Waals surface area contributed by atoms with Crippen LogP contribution in [0.3, 0.4) is 0 Å². The number of thiazole rings is 1. The Morgan fingerprint density at radius 1 is 1.37 bits per heavy atom. The van der Waals surface area contributed by atoms with Crippen LogP contribution in [-0.2, 0) is 0 Å². The van der Waals surface area contributed by atoms with Gasteiger partial charge in [-0.05, 0) is 24.6 Å². The van der Waals surface area contributed by atoms with Crippen molar-refractivity contribution in [2.45, 2.75) is 13.0 Å². The van der Waals surface area contributed by atoms with Crippen LogP contribution < -0.4 is 5.32 Å². The normalized spacial score (nSPS) is 11.9. The summed E-state index contributed by atoms with van der Waals surface area (Å²) in [7, 11) is 0. The summed E-state index contributed by atoms with van der Waals surface area (Å²) in [6.07, 6.45) is 0. The zero-order chi connectivity index (χ0) is 14.0. The molecule has 0 aliphatic heterocycles. The van der Waals surface area contributed by atoms with Gasteiger partial charge in [0.2, 0.25) is 0 Å². The fraction of sp³-hybridized carbons (Fsp3) is 0.167. The third-order valence-electron chi connectivity index (χ3n) is 2.46. The fourth-order valence-corrected chi connectivity index (χ4v) is 3.15. The van der Waals surface area contributed by atoms with Crippen molar-refractivity contribution < 1.29 is 0 Å². The van der Waals surface area contributed by atoms with Crippen molar-refractivity contribution >= 4 is 51.3 Å². The highest BCUT2D eigenvalue weighted by molar-refractivity contribution is 7.16. The first-order chi connectivity index (χ1) is 9.01. The maximum Gasteiger partial charge on any atom is 0.185 e. The Morgan fingerprint density at radius 3 is 2.68 bits per heavy atom. The minimum atomic E-state index is -0.0708. The summed E-state index contributed by atoms with van der Waals surface area (Å²) in [6, 6.07) is 7.23. The lowest BCUT2D eigenvalue weighted by atomic mass is 10.1. The van der Waals surface area contributed by atoms with Crippen LogP contribution in [0.4, 0.5) is 5.13 Å². The first-order valence-electron chi connectivity index (χ1n) is 5.29. The summed E-state index contributed by atoms with van der Waals surface area (Å²) < 4.78 is 0. The lowest BCUT2D eigenvalue weighted by Crippen LogP contribution is -2.06. The van der Waals surface area contributed by atoms with E-state index in [1.165, 1.54) is 11.3 Å². The van der Waals surface area contributed by atoms with Crippen LogP contribution in [0.1, 0.15) is 23.4 Å². The van der Waals surface area contributed by atoms with Crippen LogP contribution in [0.15, 0.2) is 18.2 Å². The Balaban J connectivity index is 2.20. The van der Waals surface area contributed by atoms with Gasteiger partial charge in [-0.15, -0.1) is 0 Å². The molecule has 0 aliphatic carbocycles. The molecule has 0 bridgehead atoms. The quantitative estimate of drug-likeness (QED) is 0.845. The number of anilines is 1. The standard InChI is InChI=1S/C12H8Cl3N3S/c1-6(8-3-2-7(13)4-9(8)14)17-12-18-11(15)10(5-16)19-12/h2-4,6H,1H3,(H,17,18). The van der Waals surface area contributed by atoms with Crippen LogP contribution in [0.5, 0.6) is 0 Å². The van der Waals surface area contributed by atoms with E-state index in [2.05, 4.69) is 10.3 Å². The van der Waals surface area contributed by atoms with Gasteiger partial charge in [-0.1, -0.05) is 52.2 Å². The molecule has 0 aliphatic rings. The van der Waals surface area contributed by atoms with Crippen LogP contribution in [0.2, 0.25) is 15.2 Å². The number of benzene rings is 1. The maximum atomic E-state index is 8.83. The molecule has 1 atom stereocenters. The van der Waals surface area contributed by atoms with Crippen LogP contribution in [0.25, 0.3) is 0 Å². The van der Waals surface area contributed by atoms with Crippen molar-refractivity contribution in [2.75, 3.05) is 5.32 Å². The van der Waals surface area contributed by atoms with Crippen molar-refractivity contribution in [3.63, 3.8) is 0 Å². The van der Waals surface area contributed by atoms with Crippen LogP contribution in [-0.4, -0.2) is 4.98 Å². The molecule has 0 amide bonds. The molecule has 0 radical (unpaired) electrons. The number of halogens is 3. The zero-order valence-electron chi connectivity index (χ0n) is 9.75. The van der Waals surface area contributed by atoms with Gasteiger partial charge in [0.05, 0.1) is 6.04 Å². The number of hydrogen-bond donors (Lipinski definition) is 1. The molecule has 1 aromatic heterocycles. The Bertz CT molecular complexity index is 648. The predicted molar refractivity (Wildman–Crippen MR) is 80.3 cm³/mol. The maximum absolute atomic E-state index is 8.83. The topological polar surface area (TPSA) is 48.7 Å². The fourth-order valence-electron chi connectivity index (χ4n) is 1.55. The molecule has 19 heavy (non-hydrogen) atoms. The lowest BCUT2D eigenvalue weighted by molar-refractivity contribution is 0.882. The van der Waals surface area contributed by atoms with Gasteiger partial charge in [0.25, 0.3) is 0 Å². The molecule has 0 fully saturated rings. The molecule has 98 valence electrons. The highest BCUT2D eigenvalue weighted by Gasteiger charge is 2.14. The highest BCUT2D eigenvalue weighted by atomic mass is 35.5. The average Bonchev–Trinajstić information content (AvgIpc) is 2.69. The summed E-state index contributed by atoms with van der Waals surface area (Å²) in [5, 5.41) is 14.0. The second kappa shape index (κ2) is 5.98. The van der Waals surface area contributed by atoms with Gasteiger partial charge in [-0.25, -0.2) is 4.98 Å². The number of hydrogen-bond acceptors (Lipinski definition) is 4. The van der Waals surface area contributed by atoms with E-state index in [4.69, 9.17) is 40.1 Å². The van der Waals surface area contributed by atoms with E-state index < -0.39 is 0 Å². The van der Waals surface area contributed by atoms with E-state index in [9.17, 15) is 0 Å². The molecule has 1 aromatic carbocycles. The Kier molecular flexibility index (Phi) is 4.54. The van der Waals surface area contributed by atoms with Crippen molar-refractivity contribution in [1.82, 2.24) is 4.98 Å². The van der Waals surface area contributed by atoms with Gasteiger partial charge in [0.15, 0.2) is 10.3 Å². The number of aromatic nitrogens is 1. The minimum Gasteiger partial charge on any atom is -0.355 e. The molecular weight excluding hydrogens is 325 g/mol. The molecule has 1 heterocycles. The first-order valence-corrected chi connectivity index (χ1v) is 7.24. The van der Waals surface area contributed by atoms with E-state index in [1.54, 1.807) is 12.1 Å². The summed E-state index contributed by atoms with van der Waals surface area (Å²) in [5.74, 6) is 0. The zero-order valence-corrected chi connectivity index (χ0v) is 12.8.